The van der Waals surface area contributed by atoms with Gasteiger partial charge in [-0.2, -0.15) is 0 Å². The highest BCUT2D eigenvalue weighted by molar-refractivity contribution is 5.89. The van der Waals surface area contributed by atoms with Crippen LogP contribution in [-0.2, 0) is 22.6 Å². The van der Waals surface area contributed by atoms with E-state index >= 15 is 0 Å². The molecule has 2 aliphatic rings. The van der Waals surface area contributed by atoms with Crippen LogP contribution >= 0.6 is 12.4 Å². The van der Waals surface area contributed by atoms with Gasteiger partial charge in [0.05, 0.1) is 6.04 Å². The number of nitrogens with one attached hydrogen (secondary N) is 3. The molecular formula is C19H28ClN3O2. The maximum absolute atomic E-state index is 12.5. The van der Waals surface area contributed by atoms with Crippen LogP contribution in [0.1, 0.15) is 50.2 Å². The van der Waals surface area contributed by atoms with E-state index in [0.29, 0.717) is 13.0 Å². The number of benzene rings is 1. The van der Waals surface area contributed by atoms with Gasteiger partial charge in [0.2, 0.25) is 11.8 Å². The first-order chi connectivity index (χ1) is 11.6. The number of rotatable bonds is 4. The third-order valence-electron chi connectivity index (χ3n) is 5.10. The zero-order valence-corrected chi connectivity index (χ0v) is 15.5. The van der Waals surface area contributed by atoms with Gasteiger partial charge in [-0.25, -0.2) is 0 Å². The molecular weight excluding hydrogens is 338 g/mol. The molecule has 0 bridgehead atoms. The summed E-state index contributed by atoms with van der Waals surface area (Å²) in [6.07, 6.45) is 6.38. The SMILES string of the molecule is C[C@@H](NC(=O)[C@@H]1Cc2ccccc2CN1)C(=O)NC1CCCCC1.Cl. The van der Waals surface area contributed by atoms with Crippen molar-refractivity contribution in [3.8, 4) is 0 Å². The summed E-state index contributed by atoms with van der Waals surface area (Å²) in [7, 11) is 0. The molecule has 1 aliphatic heterocycles. The molecule has 1 aromatic rings. The van der Waals surface area contributed by atoms with Gasteiger partial charge < -0.3 is 16.0 Å². The Labute approximate surface area is 155 Å². The standard InChI is InChI=1S/C19H27N3O2.ClH/c1-13(18(23)22-16-9-3-2-4-10-16)21-19(24)17-11-14-7-5-6-8-15(14)12-20-17;/h5-8,13,16-17,20H,2-4,9-12H2,1H3,(H,21,24)(H,22,23);1H/t13-,17+;/m1./s1. The van der Waals surface area contributed by atoms with E-state index in [2.05, 4.69) is 28.1 Å². The van der Waals surface area contributed by atoms with Gasteiger partial charge in [-0.05, 0) is 37.3 Å². The molecule has 3 N–H and O–H groups in total. The summed E-state index contributed by atoms with van der Waals surface area (Å²) < 4.78 is 0. The second-order valence-corrected chi connectivity index (χ2v) is 6.98. The molecule has 1 aliphatic carbocycles. The first kappa shape index (κ1) is 19.7. The molecule has 1 saturated carbocycles. The summed E-state index contributed by atoms with van der Waals surface area (Å²) in [6.45, 7) is 2.45. The Bertz CT molecular complexity index is 602. The number of carbonyl (C=O) groups is 2. The van der Waals surface area contributed by atoms with Crippen molar-refractivity contribution in [3.63, 3.8) is 0 Å². The van der Waals surface area contributed by atoms with Crippen LogP contribution in [0.4, 0.5) is 0 Å². The second-order valence-electron chi connectivity index (χ2n) is 6.98. The van der Waals surface area contributed by atoms with E-state index in [9.17, 15) is 9.59 Å². The number of carbonyl (C=O) groups excluding carboxylic acids is 2. The molecule has 0 saturated heterocycles. The zero-order chi connectivity index (χ0) is 16.9. The Balaban J connectivity index is 0.00000225. The lowest BCUT2D eigenvalue weighted by Crippen LogP contribution is -2.54. The van der Waals surface area contributed by atoms with Crippen LogP contribution in [0, 0.1) is 0 Å². The lowest BCUT2D eigenvalue weighted by Gasteiger charge is -2.28. The van der Waals surface area contributed by atoms with Crippen LogP contribution in [0.5, 0.6) is 0 Å². The molecule has 6 heteroatoms. The summed E-state index contributed by atoms with van der Waals surface area (Å²) in [5.41, 5.74) is 2.44. The number of fused-ring (bicyclic) bond motifs is 1. The topological polar surface area (TPSA) is 70.2 Å². The molecule has 138 valence electrons. The Kier molecular flexibility index (Phi) is 7.26. The van der Waals surface area contributed by atoms with E-state index in [1.165, 1.54) is 30.4 Å². The van der Waals surface area contributed by atoms with E-state index in [1.807, 2.05) is 12.1 Å². The van der Waals surface area contributed by atoms with Gasteiger partial charge in [0, 0.05) is 12.6 Å². The highest BCUT2D eigenvalue weighted by Crippen LogP contribution is 2.18. The molecule has 1 fully saturated rings. The van der Waals surface area contributed by atoms with Crippen molar-refractivity contribution in [1.29, 1.82) is 0 Å². The summed E-state index contributed by atoms with van der Waals surface area (Å²) in [4.78, 5) is 24.7. The lowest BCUT2D eigenvalue weighted by atomic mass is 9.95. The number of hydrogen-bond donors (Lipinski definition) is 3. The highest BCUT2D eigenvalue weighted by Gasteiger charge is 2.27. The Hall–Kier alpha value is -1.59. The van der Waals surface area contributed by atoms with Crippen LogP contribution in [0.2, 0.25) is 0 Å². The fraction of sp³-hybridized carbons (Fsp3) is 0.579. The number of amides is 2. The van der Waals surface area contributed by atoms with Gasteiger partial charge in [0.15, 0.2) is 0 Å². The third-order valence-corrected chi connectivity index (χ3v) is 5.10. The number of hydrogen-bond acceptors (Lipinski definition) is 3. The Morgan fingerprint density at radius 3 is 2.52 bits per heavy atom. The van der Waals surface area contributed by atoms with Crippen LogP contribution in [-0.4, -0.2) is 29.9 Å². The van der Waals surface area contributed by atoms with Crippen molar-refractivity contribution in [1.82, 2.24) is 16.0 Å². The predicted octanol–water partition coefficient (Wildman–Crippen LogP) is 2.08. The molecule has 2 atom stereocenters. The monoisotopic (exact) mass is 365 g/mol. The Morgan fingerprint density at radius 2 is 1.80 bits per heavy atom. The van der Waals surface area contributed by atoms with Gasteiger partial charge in [-0.1, -0.05) is 43.5 Å². The molecule has 3 rings (SSSR count). The largest absolute Gasteiger partial charge is 0.352 e. The minimum Gasteiger partial charge on any atom is -0.352 e. The van der Waals surface area contributed by atoms with Gasteiger partial charge in [-0.3, -0.25) is 9.59 Å². The van der Waals surface area contributed by atoms with E-state index in [4.69, 9.17) is 0 Å². The van der Waals surface area contributed by atoms with Crippen molar-refractivity contribution >= 4 is 24.2 Å². The Morgan fingerprint density at radius 1 is 1.12 bits per heavy atom. The van der Waals surface area contributed by atoms with Gasteiger partial charge in [0.1, 0.15) is 6.04 Å². The van der Waals surface area contributed by atoms with Gasteiger partial charge in [-0.15, -0.1) is 12.4 Å². The maximum atomic E-state index is 12.5. The molecule has 0 spiro atoms. The molecule has 1 aromatic carbocycles. The van der Waals surface area contributed by atoms with Crippen molar-refractivity contribution < 1.29 is 9.59 Å². The molecule has 5 nitrogen and oxygen atoms in total. The summed E-state index contributed by atoms with van der Waals surface area (Å²) >= 11 is 0. The van der Waals surface area contributed by atoms with Gasteiger partial charge >= 0.3 is 0 Å². The third kappa shape index (κ3) is 5.19. The summed E-state index contributed by atoms with van der Waals surface area (Å²) in [5, 5.41) is 9.18. The molecule has 0 radical (unpaired) electrons. The van der Waals surface area contributed by atoms with E-state index < -0.39 is 6.04 Å². The second kappa shape index (κ2) is 9.20. The molecule has 2 amide bonds. The van der Waals surface area contributed by atoms with Crippen LogP contribution in [0.25, 0.3) is 0 Å². The van der Waals surface area contributed by atoms with Crippen LogP contribution < -0.4 is 16.0 Å². The van der Waals surface area contributed by atoms with E-state index in [0.717, 1.165) is 12.8 Å². The fourth-order valence-corrected chi connectivity index (χ4v) is 3.59. The summed E-state index contributed by atoms with van der Waals surface area (Å²) in [6, 6.07) is 7.65. The lowest BCUT2D eigenvalue weighted by molar-refractivity contribution is -0.130. The first-order valence-corrected chi connectivity index (χ1v) is 9.04. The average molecular weight is 366 g/mol. The maximum Gasteiger partial charge on any atom is 0.242 e. The molecule has 25 heavy (non-hydrogen) atoms. The van der Waals surface area contributed by atoms with Crippen molar-refractivity contribution in [2.24, 2.45) is 0 Å². The van der Waals surface area contributed by atoms with E-state index in [-0.39, 0.29) is 36.3 Å². The predicted molar refractivity (Wildman–Crippen MR) is 101 cm³/mol. The minimum absolute atomic E-state index is 0. The molecule has 0 unspecified atom stereocenters. The van der Waals surface area contributed by atoms with Crippen molar-refractivity contribution in [2.75, 3.05) is 0 Å². The zero-order valence-electron chi connectivity index (χ0n) is 14.7. The van der Waals surface area contributed by atoms with E-state index in [1.54, 1.807) is 6.92 Å². The quantitative estimate of drug-likeness (QED) is 0.765. The molecule has 1 heterocycles. The first-order valence-electron chi connectivity index (χ1n) is 9.04. The average Bonchev–Trinajstić information content (AvgIpc) is 2.62. The smallest absolute Gasteiger partial charge is 0.242 e. The number of halogens is 1. The molecule has 0 aromatic heterocycles. The minimum atomic E-state index is -0.501. The van der Waals surface area contributed by atoms with Gasteiger partial charge in [0.25, 0.3) is 0 Å². The fourth-order valence-electron chi connectivity index (χ4n) is 3.59. The van der Waals surface area contributed by atoms with Crippen molar-refractivity contribution in [2.45, 2.75) is 70.1 Å². The van der Waals surface area contributed by atoms with Crippen LogP contribution in [0.3, 0.4) is 0 Å². The van der Waals surface area contributed by atoms with Crippen LogP contribution in [0.15, 0.2) is 24.3 Å². The summed E-state index contributed by atoms with van der Waals surface area (Å²) in [5.74, 6) is -0.178. The highest BCUT2D eigenvalue weighted by atomic mass is 35.5. The van der Waals surface area contributed by atoms with Crippen molar-refractivity contribution in [3.05, 3.63) is 35.4 Å². The normalized spacial score (nSPS) is 21.4.